The molecule has 0 fully saturated rings. The van der Waals surface area contributed by atoms with Gasteiger partial charge in [0.05, 0.1) is 18.9 Å². The summed E-state index contributed by atoms with van der Waals surface area (Å²) >= 11 is 0. The number of hydrogen-bond donors (Lipinski definition) is 1. The average Bonchev–Trinajstić information content (AvgIpc) is 2.73. The van der Waals surface area contributed by atoms with Crippen LogP contribution in [0.15, 0.2) is 84.0 Å². The molecule has 0 aliphatic heterocycles. The minimum absolute atomic E-state index is 0.330. The number of para-hydroxylation sites is 1. The van der Waals surface area contributed by atoms with E-state index in [1.807, 2.05) is 60.7 Å². The monoisotopic (exact) mass is 360 g/mol. The largest absolute Gasteiger partial charge is 0.497 e. The van der Waals surface area contributed by atoms with E-state index < -0.39 is 0 Å². The standard InChI is InChI=1S/C22H20N2O3/c1-26-19-13-11-17(12-14-19)15-23-24-22(25)20-9-5-6-10-21(20)27-16-18-7-3-2-4-8-18/h2-15H,16H2,1H3,(H,24,25)/b23-15+. The molecule has 5 heteroatoms. The SMILES string of the molecule is COc1ccc(/C=N/NC(=O)c2ccccc2OCc2ccccc2)cc1. The Hall–Kier alpha value is -3.60. The van der Waals surface area contributed by atoms with Crippen LogP contribution < -0.4 is 14.9 Å². The van der Waals surface area contributed by atoms with Crippen LogP contribution in [0.1, 0.15) is 21.5 Å². The molecule has 3 rings (SSSR count). The quantitative estimate of drug-likeness (QED) is 0.511. The van der Waals surface area contributed by atoms with Crippen LogP contribution >= 0.6 is 0 Å². The zero-order valence-electron chi connectivity index (χ0n) is 15.0. The summed E-state index contributed by atoms with van der Waals surface area (Å²) in [6.45, 7) is 0.389. The molecule has 0 heterocycles. The normalized spacial score (nSPS) is 10.6. The zero-order valence-corrected chi connectivity index (χ0v) is 15.0. The van der Waals surface area contributed by atoms with Gasteiger partial charge in [0.1, 0.15) is 18.1 Å². The molecule has 0 aliphatic rings. The molecule has 0 aliphatic carbocycles. The van der Waals surface area contributed by atoms with E-state index in [1.165, 1.54) is 0 Å². The Morgan fingerprint density at radius 2 is 1.67 bits per heavy atom. The summed E-state index contributed by atoms with van der Waals surface area (Å²) in [5.74, 6) is 0.947. The first kappa shape index (κ1) is 18.2. The predicted octanol–water partition coefficient (Wildman–Crippen LogP) is 4.04. The van der Waals surface area contributed by atoms with Crippen LogP contribution in [-0.2, 0) is 6.61 Å². The summed E-state index contributed by atoms with van der Waals surface area (Å²) < 4.78 is 10.9. The maximum Gasteiger partial charge on any atom is 0.275 e. The Labute approximate surface area is 158 Å². The number of benzene rings is 3. The van der Waals surface area contributed by atoms with Gasteiger partial charge in [-0.2, -0.15) is 5.10 Å². The first-order valence-corrected chi connectivity index (χ1v) is 8.49. The lowest BCUT2D eigenvalue weighted by molar-refractivity contribution is 0.0950. The minimum Gasteiger partial charge on any atom is -0.497 e. The summed E-state index contributed by atoms with van der Waals surface area (Å²) in [6.07, 6.45) is 1.57. The molecule has 0 saturated carbocycles. The van der Waals surface area contributed by atoms with Gasteiger partial charge in [0.15, 0.2) is 0 Å². The molecule has 5 nitrogen and oxygen atoms in total. The highest BCUT2D eigenvalue weighted by Crippen LogP contribution is 2.19. The Kier molecular flexibility index (Phi) is 6.20. The van der Waals surface area contributed by atoms with Crippen molar-refractivity contribution in [3.63, 3.8) is 0 Å². The van der Waals surface area contributed by atoms with Crippen LogP contribution in [0.5, 0.6) is 11.5 Å². The van der Waals surface area contributed by atoms with Crippen molar-refractivity contribution < 1.29 is 14.3 Å². The highest BCUT2D eigenvalue weighted by Gasteiger charge is 2.11. The van der Waals surface area contributed by atoms with E-state index in [1.54, 1.807) is 31.5 Å². The Bertz CT molecular complexity index is 906. The van der Waals surface area contributed by atoms with Crippen LogP contribution in [0.4, 0.5) is 0 Å². The van der Waals surface area contributed by atoms with E-state index in [0.29, 0.717) is 17.9 Å². The van der Waals surface area contributed by atoms with Gasteiger partial charge in [0.25, 0.3) is 5.91 Å². The molecule has 3 aromatic rings. The minimum atomic E-state index is -0.330. The molecule has 1 amide bonds. The van der Waals surface area contributed by atoms with E-state index in [2.05, 4.69) is 10.5 Å². The second kappa shape index (κ2) is 9.20. The summed E-state index contributed by atoms with van der Waals surface area (Å²) in [6, 6.07) is 24.3. The van der Waals surface area contributed by atoms with E-state index in [9.17, 15) is 4.79 Å². The van der Waals surface area contributed by atoms with Crippen LogP contribution in [0.3, 0.4) is 0 Å². The number of nitrogens with zero attached hydrogens (tertiary/aromatic N) is 1. The molecular weight excluding hydrogens is 340 g/mol. The molecule has 136 valence electrons. The lowest BCUT2D eigenvalue weighted by atomic mass is 10.2. The number of carbonyl (C=O) groups excluding carboxylic acids is 1. The molecule has 27 heavy (non-hydrogen) atoms. The predicted molar refractivity (Wildman–Crippen MR) is 105 cm³/mol. The fourth-order valence-corrected chi connectivity index (χ4v) is 2.43. The van der Waals surface area contributed by atoms with Crippen molar-refractivity contribution in [1.82, 2.24) is 5.43 Å². The zero-order chi connectivity index (χ0) is 18.9. The van der Waals surface area contributed by atoms with E-state index in [4.69, 9.17) is 9.47 Å². The Morgan fingerprint density at radius 3 is 2.41 bits per heavy atom. The van der Waals surface area contributed by atoms with Crippen LogP contribution in [-0.4, -0.2) is 19.2 Å². The fraction of sp³-hybridized carbons (Fsp3) is 0.0909. The van der Waals surface area contributed by atoms with Gasteiger partial charge in [-0.15, -0.1) is 0 Å². The highest BCUT2D eigenvalue weighted by molar-refractivity contribution is 5.97. The molecule has 0 saturated heterocycles. The number of hydrazone groups is 1. The second-order valence-corrected chi connectivity index (χ2v) is 5.74. The van der Waals surface area contributed by atoms with Crippen molar-refractivity contribution >= 4 is 12.1 Å². The third kappa shape index (κ3) is 5.19. The summed E-state index contributed by atoms with van der Waals surface area (Å²) in [7, 11) is 1.61. The van der Waals surface area contributed by atoms with Gasteiger partial charge in [-0.25, -0.2) is 5.43 Å². The van der Waals surface area contributed by atoms with Crippen molar-refractivity contribution in [2.75, 3.05) is 7.11 Å². The van der Waals surface area contributed by atoms with Crippen molar-refractivity contribution in [2.45, 2.75) is 6.61 Å². The molecule has 0 aromatic heterocycles. The van der Waals surface area contributed by atoms with Crippen molar-refractivity contribution in [3.05, 3.63) is 95.6 Å². The highest BCUT2D eigenvalue weighted by atomic mass is 16.5. The van der Waals surface area contributed by atoms with Crippen molar-refractivity contribution in [1.29, 1.82) is 0 Å². The molecular formula is C22H20N2O3. The van der Waals surface area contributed by atoms with Gasteiger partial charge in [-0.3, -0.25) is 4.79 Å². The first-order valence-electron chi connectivity index (χ1n) is 8.49. The average molecular weight is 360 g/mol. The van der Waals surface area contributed by atoms with Crippen LogP contribution in [0.25, 0.3) is 0 Å². The summed E-state index contributed by atoms with van der Waals surface area (Å²) in [4.78, 5) is 12.4. The summed E-state index contributed by atoms with van der Waals surface area (Å²) in [5.41, 5.74) is 4.85. The topological polar surface area (TPSA) is 59.9 Å². The fourth-order valence-electron chi connectivity index (χ4n) is 2.43. The molecule has 0 radical (unpaired) electrons. The van der Waals surface area contributed by atoms with Gasteiger partial charge >= 0.3 is 0 Å². The second-order valence-electron chi connectivity index (χ2n) is 5.74. The van der Waals surface area contributed by atoms with E-state index in [-0.39, 0.29) is 5.91 Å². The molecule has 0 atom stereocenters. The van der Waals surface area contributed by atoms with Crippen LogP contribution in [0.2, 0.25) is 0 Å². The van der Waals surface area contributed by atoms with Gasteiger partial charge in [-0.1, -0.05) is 42.5 Å². The van der Waals surface area contributed by atoms with Crippen molar-refractivity contribution in [3.8, 4) is 11.5 Å². The molecule has 0 bridgehead atoms. The number of ether oxygens (including phenoxy) is 2. The number of nitrogens with one attached hydrogen (secondary N) is 1. The van der Waals surface area contributed by atoms with Crippen molar-refractivity contribution in [2.24, 2.45) is 5.10 Å². The lowest BCUT2D eigenvalue weighted by Gasteiger charge is -2.10. The smallest absolute Gasteiger partial charge is 0.275 e. The van der Waals surface area contributed by atoms with Gasteiger partial charge in [0, 0.05) is 0 Å². The third-order valence-electron chi connectivity index (χ3n) is 3.86. The van der Waals surface area contributed by atoms with Gasteiger partial charge < -0.3 is 9.47 Å². The number of rotatable bonds is 7. The lowest BCUT2D eigenvalue weighted by Crippen LogP contribution is -2.18. The van der Waals surface area contributed by atoms with E-state index in [0.717, 1.165) is 16.9 Å². The summed E-state index contributed by atoms with van der Waals surface area (Å²) in [5, 5.41) is 4.01. The molecule has 0 spiro atoms. The number of methoxy groups -OCH3 is 1. The Morgan fingerprint density at radius 1 is 0.963 bits per heavy atom. The number of hydrogen-bond acceptors (Lipinski definition) is 4. The maximum absolute atomic E-state index is 12.4. The molecule has 3 aromatic carbocycles. The van der Waals surface area contributed by atoms with Gasteiger partial charge in [-0.05, 0) is 47.5 Å². The van der Waals surface area contributed by atoms with Gasteiger partial charge in [0.2, 0.25) is 0 Å². The first-order chi connectivity index (χ1) is 13.3. The Balaban J connectivity index is 1.63. The maximum atomic E-state index is 12.4. The number of carbonyl (C=O) groups is 1. The third-order valence-corrected chi connectivity index (χ3v) is 3.86. The van der Waals surface area contributed by atoms with Crippen LogP contribution in [0, 0.1) is 0 Å². The molecule has 0 unspecified atom stereocenters. The molecule has 1 N–H and O–H groups in total. The van der Waals surface area contributed by atoms with E-state index >= 15 is 0 Å². The number of amides is 1.